The Morgan fingerprint density at radius 3 is 0.870 bits per heavy atom. The number of nitrogens with one attached hydrogen (secondary N) is 2. The largest absolute Gasteiger partial charge is 2.00 e. The van der Waals surface area contributed by atoms with E-state index >= 15 is 0 Å². The molecule has 0 unspecified atom stereocenters. The Bertz CT molecular complexity index is 331. The van der Waals surface area contributed by atoms with Crippen LogP contribution in [0.15, 0.2) is 0 Å². The predicted octanol–water partition coefficient (Wildman–Crippen LogP) is -16.6. The summed E-state index contributed by atoms with van der Waals surface area (Å²) in [6.07, 6.45) is 0. The second-order valence-electron chi connectivity index (χ2n) is 4.20. The summed E-state index contributed by atoms with van der Waals surface area (Å²) in [6.45, 7) is -2.62. The van der Waals surface area contributed by atoms with Crippen molar-refractivity contribution in [1.82, 2.24) is 0 Å². The Labute approximate surface area is 206 Å². The van der Waals surface area contributed by atoms with E-state index in [1.54, 1.807) is 0 Å². The van der Waals surface area contributed by atoms with E-state index in [-0.39, 0.29) is 120 Å². The van der Waals surface area contributed by atoms with Gasteiger partial charge in [0.05, 0.1) is 23.9 Å². The van der Waals surface area contributed by atoms with E-state index in [1.165, 1.54) is 0 Å². The molecule has 0 aromatic heterocycles. The molecular formula is C10H14CaN2Na2O8+2. The maximum Gasteiger partial charge on any atom is 2.00 e. The number of carboxylic acid groups (broad SMARTS) is 4. The van der Waals surface area contributed by atoms with Crippen LogP contribution < -0.4 is 89.3 Å². The summed E-state index contributed by atoms with van der Waals surface area (Å²) in [4.78, 5) is 41.8. The summed E-state index contributed by atoms with van der Waals surface area (Å²) in [7, 11) is 0. The van der Waals surface area contributed by atoms with Crippen molar-refractivity contribution in [2.75, 3.05) is 39.3 Å². The Balaban J connectivity index is -0.000000602. The first-order valence-electron chi connectivity index (χ1n) is 5.67. The standard InChI is InChI=1S/C10H16N2O8.Ca.2Na/c13-7(14)3-11(4-8(15)16)1-2-12(5-9(17)18)6-10(19)20;;;/h1-6H2,(H,13,14)(H,15,16)(H,17,18)(H,19,20);;;/q;+2;2*+1/p-2. The molecule has 0 amide bonds. The van der Waals surface area contributed by atoms with E-state index in [1.807, 2.05) is 0 Å². The predicted molar refractivity (Wildman–Crippen MR) is 56.9 cm³/mol. The molecule has 114 valence electrons. The topological polar surface area (TPSA) is 169 Å². The number of hydrogen-bond acceptors (Lipinski definition) is 8. The molecule has 0 radical (unpaired) electrons. The fourth-order valence-electron chi connectivity index (χ4n) is 1.65. The molecule has 0 saturated carbocycles. The van der Waals surface area contributed by atoms with Gasteiger partial charge >= 0.3 is 96.9 Å². The number of carbonyl (C=O) groups is 4. The van der Waals surface area contributed by atoms with Crippen LogP contribution in [0.4, 0.5) is 0 Å². The van der Waals surface area contributed by atoms with Crippen LogP contribution in [-0.4, -0.2) is 101 Å². The van der Waals surface area contributed by atoms with Gasteiger partial charge in [-0.1, -0.05) is 0 Å². The van der Waals surface area contributed by atoms with E-state index in [0.717, 1.165) is 0 Å². The van der Waals surface area contributed by atoms with Gasteiger partial charge in [-0.15, -0.1) is 0 Å². The molecule has 0 heterocycles. The van der Waals surface area contributed by atoms with Crippen LogP contribution in [0.3, 0.4) is 0 Å². The maximum absolute atomic E-state index is 10.4. The van der Waals surface area contributed by atoms with Gasteiger partial charge in [-0.25, -0.2) is 0 Å². The third-order valence-corrected chi connectivity index (χ3v) is 2.41. The summed E-state index contributed by atoms with van der Waals surface area (Å²) in [5.41, 5.74) is 0. The van der Waals surface area contributed by atoms with Crippen molar-refractivity contribution in [2.45, 2.75) is 0 Å². The van der Waals surface area contributed by atoms with Crippen molar-refractivity contribution >= 4 is 61.6 Å². The van der Waals surface area contributed by atoms with Crippen LogP contribution in [0.2, 0.25) is 0 Å². The van der Waals surface area contributed by atoms with Crippen molar-refractivity contribution in [1.29, 1.82) is 0 Å². The van der Waals surface area contributed by atoms with Gasteiger partial charge in [-0.3, -0.25) is 0 Å². The number of carboxylic acids is 4. The van der Waals surface area contributed by atoms with Gasteiger partial charge in [0.1, 0.15) is 39.3 Å². The molecule has 0 aliphatic carbocycles. The minimum Gasteiger partial charge on any atom is -0.544 e. The van der Waals surface area contributed by atoms with E-state index in [0.29, 0.717) is 0 Å². The molecule has 0 atom stereocenters. The molecule has 0 saturated heterocycles. The van der Waals surface area contributed by atoms with E-state index in [9.17, 15) is 39.6 Å². The minimum absolute atomic E-state index is 0. The summed E-state index contributed by atoms with van der Waals surface area (Å²) in [6, 6.07) is 0. The van der Waals surface area contributed by atoms with Gasteiger partial charge in [0, 0.05) is 0 Å². The third kappa shape index (κ3) is 21.0. The molecule has 0 spiro atoms. The van der Waals surface area contributed by atoms with Gasteiger partial charge in [0.2, 0.25) is 0 Å². The Morgan fingerprint density at radius 1 is 0.565 bits per heavy atom. The van der Waals surface area contributed by atoms with Crippen LogP contribution in [0.5, 0.6) is 0 Å². The van der Waals surface area contributed by atoms with Gasteiger partial charge in [-0.05, 0) is 0 Å². The summed E-state index contributed by atoms with van der Waals surface area (Å²) < 4.78 is 0. The van der Waals surface area contributed by atoms with Crippen LogP contribution >= 0.6 is 0 Å². The monoisotopic (exact) mass is 376 g/mol. The first kappa shape index (κ1) is 31.8. The molecule has 0 aromatic rings. The Hall–Kier alpha value is 1.06. The van der Waals surface area contributed by atoms with Crippen LogP contribution in [0.1, 0.15) is 0 Å². The number of aliphatic carboxylic acids is 4. The zero-order valence-corrected chi connectivity index (χ0v) is 19.4. The van der Waals surface area contributed by atoms with Gasteiger partial charge in [-0.2, -0.15) is 0 Å². The molecule has 0 fully saturated rings. The van der Waals surface area contributed by atoms with Crippen molar-refractivity contribution < 1.29 is 109 Å². The molecule has 0 rings (SSSR count). The second kappa shape index (κ2) is 17.9. The normalized spacial score (nSPS) is 9.30. The van der Waals surface area contributed by atoms with Crippen LogP contribution in [0.25, 0.3) is 0 Å². The summed E-state index contributed by atoms with van der Waals surface area (Å²) in [5, 5.41) is 41.7. The van der Waals surface area contributed by atoms with Crippen molar-refractivity contribution in [3.8, 4) is 0 Å². The Morgan fingerprint density at radius 2 is 0.739 bits per heavy atom. The SMILES string of the molecule is O=C([O-])C[NH+](CC[NH+](CC(=O)[O-])CC(=O)[O-])CC(=O)[O-].[Ca+2].[Na+].[Na+]. The van der Waals surface area contributed by atoms with E-state index < -0.39 is 50.1 Å². The number of hydrogen-bond donors (Lipinski definition) is 2. The van der Waals surface area contributed by atoms with E-state index in [2.05, 4.69) is 0 Å². The number of carbonyl (C=O) groups excluding carboxylic acids is 4. The van der Waals surface area contributed by atoms with Crippen molar-refractivity contribution in [3.05, 3.63) is 0 Å². The van der Waals surface area contributed by atoms with Crippen LogP contribution in [0, 0.1) is 0 Å². The quantitative estimate of drug-likeness (QED) is 0.335. The molecule has 10 nitrogen and oxygen atoms in total. The van der Waals surface area contributed by atoms with Gasteiger partial charge < -0.3 is 49.4 Å². The minimum atomic E-state index is -1.48. The molecule has 23 heavy (non-hydrogen) atoms. The van der Waals surface area contributed by atoms with Crippen LogP contribution in [-0.2, 0) is 19.2 Å². The molecule has 0 bridgehead atoms. The average molecular weight is 376 g/mol. The van der Waals surface area contributed by atoms with Crippen molar-refractivity contribution in [3.63, 3.8) is 0 Å². The summed E-state index contributed by atoms with van der Waals surface area (Å²) in [5.74, 6) is -5.93. The molecule has 2 N–H and O–H groups in total. The summed E-state index contributed by atoms with van der Waals surface area (Å²) >= 11 is 0. The number of quaternary nitrogens is 2. The van der Waals surface area contributed by atoms with Gasteiger partial charge in [0.15, 0.2) is 0 Å². The molecule has 13 heteroatoms. The number of rotatable bonds is 11. The first-order valence-corrected chi connectivity index (χ1v) is 5.67. The molecule has 0 aliphatic rings. The maximum atomic E-state index is 10.4. The zero-order chi connectivity index (χ0) is 15.7. The van der Waals surface area contributed by atoms with E-state index in [4.69, 9.17) is 0 Å². The first-order chi connectivity index (χ1) is 9.20. The van der Waals surface area contributed by atoms with Crippen molar-refractivity contribution in [2.24, 2.45) is 0 Å². The fourth-order valence-corrected chi connectivity index (χ4v) is 1.65. The Kier molecular flexibility index (Phi) is 24.7. The smallest absolute Gasteiger partial charge is 0.544 e. The average Bonchev–Trinajstić information content (AvgIpc) is 2.22. The molecule has 0 aromatic carbocycles. The zero-order valence-electron chi connectivity index (χ0n) is 13.2. The third-order valence-electron chi connectivity index (χ3n) is 2.41. The van der Waals surface area contributed by atoms with Gasteiger partial charge in [0.25, 0.3) is 0 Å². The fraction of sp³-hybridized carbons (Fsp3) is 0.600. The molecule has 0 aliphatic heterocycles. The molecular weight excluding hydrogens is 362 g/mol. The second-order valence-corrected chi connectivity index (χ2v) is 4.20.